The topological polar surface area (TPSA) is 78.4 Å². The van der Waals surface area contributed by atoms with Crippen LogP contribution in [0.15, 0.2) is 41.3 Å². The van der Waals surface area contributed by atoms with Gasteiger partial charge in [-0.3, -0.25) is 0 Å². The van der Waals surface area contributed by atoms with Crippen molar-refractivity contribution in [1.82, 2.24) is 10.0 Å². The molecule has 3 rings (SSSR count). The number of sulfonamides is 1. The van der Waals surface area contributed by atoms with Gasteiger partial charge in [-0.25, -0.2) is 13.1 Å². The van der Waals surface area contributed by atoms with Crippen molar-refractivity contribution in [1.29, 1.82) is 0 Å². The zero-order valence-corrected chi connectivity index (χ0v) is 13.8. The molecule has 5 nitrogen and oxygen atoms in total. The van der Waals surface area contributed by atoms with Crippen molar-refractivity contribution >= 4 is 20.8 Å². The molecule has 0 aromatic heterocycles. The van der Waals surface area contributed by atoms with E-state index in [1.807, 2.05) is 24.3 Å². The van der Waals surface area contributed by atoms with Gasteiger partial charge in [0, 0.05) is 18.0 Å². The van der Waals surface area contributed by atoms with Gasteiger partial charge >= 0.3 is 0 Å². The van der Waals surface area contributed by atoms with E-state index in [2.05, 4.69) is 10.0 Å². The van der Waals surface area contributed by atoms with Crippen LogP contribution in [0, 0.1) is 0 Å². The number of fused-ring (bicyclic) bond motifs is 1. The molecule has 3 N–H and O–H groups in total. The van der Waals surface area contributed by atoms with Crippen molar-refractivity contribution in [3.63, 3.8) is 0 Å². The molecule has 6 heteroatoms. The lowest BCUT2D eigenvalue weighted by atomic mass is 10.0. The first-order valence-corrected chi connectivity index (χ1v) is 9.44. The van der Waals surface area contributed by atoms with Gasteiger partial charge in [0.05, 0.1) is 4.90 Å². The third-order valence-electron chi connectivity index (χ3n) is 4.31. The summed E-state index contributed by atoms with van der Waals surface area (Å²) in [6.07, 6.45) is 2.13. The molecular weight excluding hydrogens is 312 g/mol. The van der Waals surface area contributed by atoms with Gasteiger partial charge in [-0.15, -0.1) is 0 Å². The van der Waals surface area contributed by atoms with Crippen molar-refractivity contribution in [2.24, 2.45) is 0 Å². The Morgan fingerprint density at radius 1 is 1.09 bits per heavy atom. The van der Waals surface area contributed by atoms with Crippen LogP contribution in [0.4, 0.5) is 0 Å². The molecule has 23 heavy (non-hydrogen) atoms. The van der Waals surface area contributed by atoms with Gasteiger partial charge in [0.15, 0.2) is 0 Å². The summed E-state index contributed by atoms with van der Waals surface area (Å²) in [6.45, 7) is 1.72. The third kappa shape index (κ3) is 3.55. The van der Waals surface area contributed by atoms with Crippen LogP contribution in [-0.4, -0.2) is 39.3 Å². The highest BCUT2D eigenvalue weighted by Gasteiger charge is 2.23. The SMILES string of the molecule is O=S(=O)(NC1CCNCC1)c1ccc(CCO)c2ccccc12. The molecule has 0 atom stereocenters. The summed E-state index contributed by atoms with van der Waals surface area (Å²) in [6, 6.07) is 10.9. The maximum atomic E-state index is 12.8. The molecule has 1 heterocycles. The fourth-order valence-electron chi connectivity index (χ4n) is 3.13. The van der Waals surface area contributed by atoms with Gasteiger partial charge in [0.25, 0.3) is 0 Å². The highest BCUT2D eigenvalue weighted by atomic mass is 32.2. The molecule has 0 spiro atoms. The van der Waals surface area contributed by atoms with Crippen LogP contribution in [-0.2, 0) is 16.4 Å². The van der Waals surface area contributed by atoms with Crippen LogP contribution >= 0.6 is 0 Å². The molecule has 2 aromatic rings. The average molecular weight is 334 g/mol. The van der Waals surface area contributed by atoms with E-state index >= 15 is 0 Å². The van der Waals surface area contributed by atoms with E-state index in [0.29, 0.717) is 16.7 Å². The van der Waals surface area contributed by atoms with Crippen molar-refractivity contribution in [2.75, 3.05) is 19.7 Å². The molecular formula is C17H22N2O3S. The first kappa shape index (κ1) is 16.4. The fourth-order valence-corrected chi connectivity index (χ4v) is 4.65. The number of piperidine rings is 1. The molecule has 0 amide bonds. The summed E-state index contributed by atoms with van der Waals surface area (Å²) in [5.41, 5.74) is 0.962. The van der Waals surface area contributed by atoms with Gasteiger partial charge < -0.3 is 10.4 Å². The Bertz CT molecular complexity index is 784. The maximum absolute atomic E-state index is 12.8. The zero-order chi connectivity index (χ0) is 16.3. The first-order valence-electron chi connectivity index (χ1n) is 7.96. The van der Waals surface area contributed by atoms with Crippen LogP contribution in [0.3, 0.4) is 0 Å². The lowest BCUT2D eigenvalue weighted by Crippen LogP contribution is -2.42. The number of benzene rings is 2. The summed E-state index contributed by atoms with van der Waals surface area (Å²) < 4.78 is 28.4. The normalized spacial score (nSPS) is 16.7. The molecule has 0 bridgehead atoms. The van der Waals surface area contributed by atoms with E-state index < -0.39 is 10.0 Å². The predicted octanol–water partition coefficient (Wildman–Crippen LogP) is 1.40. The summed E-state index contributed by atoms with van der Waals surface area (Å²) >= 11 is 0. The van der Waals surface area contributed by atoms with Crippen LogP contribution in [0.25, 0.3) is 10.8 Å². The van der Waals surface area contributed by atoms with Crippen LogP contribution in [0.5, 0.6) is 0 Å². The van der Waals surface area contributed by atoms with Gasteiger partial charge in [-0.05, 0) is 49.4 Å². The maximum Gasteiger partial charge on any atom is 0.241 e. The van der Waals surface area contributed by atoms with Crippen molar-refractivity contribution < 1.29 is 13.5 Å². The Morgan fingerprint density at radius 3 is 2.48 bits per heavy atom. The van der Waals surface area contributed by atoms with Crippen LogP contribution in [0.2, 0.25) is 0 Å². The number of aliphatic hydroxyl groups is 1. The molecule has 1 aliphatic heterocycles. The van der Waals surface area contributed by atoms with Gasteiger partial charge in [-0.2, -0.15) is 0 Å². The quantitative estimate of drug-likeness (QED) is 0.772. The molecule has 0 unspecified atom stereocenters. The standard InChI is InChI=1S/C17H22N2O3S/c20-12-9-13-5-6-17(16-4-2-1-3-15(13)16)23(21,22)19-14-7-10-18-11-8-14/h1-6,14,18-20H,7-12H2. The largest absolute Gasteiger partial charge is 0.396 e. The van der Waals surface area contributed by atoms with Crippen LogP contribution < -0.4 is 10.0 Å². The van der Waals surface area contributed by atoms with Gasteiger partial charge in [0.2, 0.25) is 10.0 Å². The highest BCUT2D eigenvalue weighted by molar-refractivity contribution is 7.89. The number of nitrogens with one attached hydrogen (secondary N) is 2. The summed E-state index contributed by atoms with van der Waals surface area (Å²) in [4.78, 5) is 0.313. The first-order chi connectivity index (χ1) is 11.1. The Kier molecular flexibility index (Phi) is 4.96. The van der Waals surface area contributed by atoms with Gasteiger partial charge in [-0.1, -0.05) is 30.3 Å². The van der Waals surface area contributed by atoms with E-state index in [-0.39, 0.29) is 12.6 Å². The Labute approximate surface area is 136 Å². The van der Waals surface area contributed by atoms with Crippen molar-refractivity contribution in [3.05, 3.63) is 42.0 Å². The summed E-state index contributed by atoms with van der Waals surface area (Å²) in [5.74, 6) is 0. The molecule has 0 radical (unpaired) electrons. The third-order valence-corrected chi connectivity index (χ3v) is 5.88. The minimum Gasteiger partial charge on any atom is -0.396 e. The fraction of sp³-hybridized carbons (Fsp3) is 0.412. The predicted molar refractivity (Wildman–Crippen MR) is 91.0 cm³/mol. The Balaban J connectivity index is 2.00. The van der Waals surface area contributed by atoms with Gasteiger partial charge in [0.1, 0.15) is 0 Å². The van der Waals surface area contributed by atoms with E-state index in [9.17, 15) is 13.5 Å². The van der Waals surface area contributed by atoms with Crippen LogP contribution in [0.1, 0.15) is 18.4 Å². The summed E-state index contributed by atoms with van der Waals surface area (Å²) in [5, 5.41) is 14.0. The minimum absolute atomic E-state index is 0.0165. The number of aliphatic hydroxyl groups excluding tert-OH is 1. The lowest BCUT2D eigenvalue weighted by Gasteiger charge is -2.24. The molecule has 124 valence electrons. The van der Waals surface area contributed by atoms with E-state index in [1.54, 1.807) is 12.1 Å². The van der Waals surface area contributed by atoms with Crippen molar-refractivity contribution in [3.8, 4) is 0 Å². The minimum atomic E-state index is -3.56. The van der Waals surface area contributed by atoms with E-state index in [1.165, 1.54) is 0 Å². The average Bonchev–Trinajstić information content (AvgIpc) is 2.56. The zero-order valence-electron chi connectivity index (χ0n) is 13.0. The second-order valence-electron chi connectivity index (χ2n) is 5.89. The highest BCUT2D eigenvalue weighted by Crippen LogP contribution is 2.27. The Hall–Kier alpha value is -1.47. The molecule has 0 saturated carbocycles. The molecule has 1 aliphatic rings. The molecule has 0 aliphatic carbocycles. The molecule has 1 fully saturated rings. The second-order valence-corrected chi connectivity index (χ2v) is 7.57. The monoisotopic (exact) mass is 334 g/mol. The smallest absolute Gasteiger partial charge is 0.241 e. The number of hydrogen-bond donors (Lipinski definition) is 3. The molecule has 2 aromatic carbocycles. The number of hydrogen-bond acceptors (Lipinski definition) is 4. The van der Waals surface area contributed by atoms with E-state index in [4.69, 9.17) is 0 Å². The Morgan fingerprint density at radius 2 is 1.78 bits per heavy atom. The summed E-state index contributed by atoms with van der Waals surface area (Å²) in [7, 11) is -3.56. The second kappa shape index (κ2) is 6.97. The van der Waals surface area contributed by atoms with E-state index in [0.717, 1.165) is 36.9 Å². The van der Waals surface area contributed by atoms with Crippen molar-refractivity contribution in [2.45, 2.75) is 30.2 Å². The number of rotatable bonds is 5. The molecule has 1 saturated heterocycles. The lowest BCUT2D eigenvalue weighted by molar-refractivity contribution is 0.300.